The third-order valence-electron chi connectivity index (χ3n) is 4.12. The molecule has 0 aliphatic carbocycles. The van der Waals surface area contributed by atoms with E-state index in [9.17, 15) is 0 Å². The molecule has 1 nitrogen and oxygen atoms in total. The molecule has 0 saturated heterocycles. The maximum Gasteiger partial charge on any atom is 0.0464 e. The van der Waals surface area contributed by atoms with Crippen LogP contribution < -0.4 is 5.32 Å². The van der Waals surface area contributed by atoms with Gasteiger partial charge in [-0.1, -0.05) is 66.2 Å². The second-order valence-electron chi connectivity index (χ2n) is 5.68. The van der Waals surface area contributed by atoms with Gasteiger partial charge in [-0.2, -0.15) is 0 Å². The molecule has 1 heteroatoms. The Kier molecular flexibility index (Phi) is 3.05. The van der Waals surface area contributed by atoms with Gasteiger partial charge in [0.25, 0.3) is 0 Å². The zero-order valence-electron chi connectivity index (χ0n) is 12.5. The molecule has 0 bridgehead atoms. The monoisotopic (exact) mass is 283 g/mol. The maximum atomic E-state index is 3.54. The van der Waals surface area contributed by atoms with E-state index in [1.165, 1.54) is 27.1 Å². The van der Waals surface area contributed by atoms with Crippen molar-refractivity contribution in [3.8, 4) is 0 Å². The molecule has 106 valence electrons. The average Bonchev–Trinajstić information content (AvgIpc) is 2.57. The lowest BCUT2D eigenvalue weighted by atomic mass is 10.0. The summed E-state index contributed by atoms with van der Waals surface area (Å²) < 4.78 is 0. The molecule has 0 saturated carbocycles. The van der Waals surface area contributed by atoms with Crippen molar-refractivity contribution in [2.45, 2.75) is 6.92 Å². The van der Waals surface area contributed by atoms with E-state index in [0.717, 1.165) is 11.4 Å². The Morgan fingerprint density at radius 3 is 2.23 bits per heavy atom. The Morgan fingerprint density at radius 2 is 1.36 bits per heavy atom. The third kappa shape index (κ3) is 2.21. The summed E-state index contributed by atoms with van der Waals surface area (Å²) in [6.07, 6.45) is 0. The number of aryl methyl sites for hydroxylation is 1. The lowest BCUT2D eigenvalue weighted by Crippen LogP contribution is -1.91. The highest BCUT2D eigenvalue weighted by atomic mass is 14.9. The van der Waals surface area contributed by atoms with Crippen molar-refractivity contribution >= 4 is 32.9 Å². The van der Waals surface area contributed by atoms with Crippen LogP contribution in [0, 0.1) is 6.92 Å². The van der Waals surface area contributed by atoms with E-state index in [1.54, 1.807) is 0 Å². The van der Waals surface area contributed by atoms with Gasteiger partial charge in [0.1, 0.15) is 0 Å². The summed E-state index contributed by atoms with van der Waals surface area (Å²) in [7, 11) is 0. The van der Waals surface area contributed by atoms with Crippen molar-refractivity contribution in [3.05, 3.63) is 84.4 Å². The molecule has 4 aromatic carbocycles. The molecular formula is C21H17N. The van der Waals surface area contributed by atoms with Gasteiger partial charge in [-0.25, -0.2) is 0 Å². The van der Waals surface area contributed by atoms with Crippen molar-refractivity contribution in [1.29, 1.82) is 0 Å². The van der Waals surface area contributed by atoms with Crippen LogP contribution in [0.5, 0.6) is 0 Å². The van der Waals surface area contributed by atoms with Crippen LogP contribution in [0.15, 0.2) is 78.9 Å². The van der Waals surface area contributed by atoms with Crippen LogP contribution >= 0.6 is 0 Å². The van der Waals surface area contributed by atoms with E-state index in [0.29, 0.717) is 0 Å². The molecule has 0 spiro atoms. The predicted molar refractivity (Wildman–Crippen MR) is 95.9 cm³/mol. The summed E-state index contributed by atoms with van der Waals surface area (Å²) in [6.45, 7) is 2.10. The highest BCUT2D eigenvalue weighted by Crippen LogP contribution is 2.31. The third-order valence-corrected chi connectivity index (χ3v) is 4.12. The quantitative estimate of drug-likeness (QED) is 0.442. The summed E-state index contributed by atoms with van der Waals surface area (Å²) in [5, 5.41) is 8.66. The van der Waals surface area contributed by atoms with Gasteiger partial charge in [-0.3, -0.25) is 0 Å². The van der Waals surface area contributed by atoms with Crippen LogP contribution in [0.3, 0.4) is 0 Å². The SMILES string of the molecule is Cc1ccc(Nc2cccc3c2ccc2ccccc23)cc1. The topological polar surface area (TPSA) is 12.0 Å². The van der Waals surface area contributed by atoms with E-state index in [2.05, 4.69) is 91.1 Å². The Hall–Kier alpha value is -2.80. The van der Waals surface area contributed by atoms with Gasteiger partial charge in [0.05, 0.1) is 0 Å². The van der Waals surface area contributed by atoms with Gasteiger partial charge in [0.15, 0.2) is 0 Å². The molecule has 0 radical (unpaired) electrons. The van der Waals surface area contributed by atoms with Crippen LogP contribution in [0.4, 0.5) is 11.4 Å². The first kappa shape index (κ1) is 12.9. The molecule has 0 unspecified atom stereocenters. The fraction of sp³-hybridized carbons (Fsp3) is 0.0476. The number of nitrogens with one attached hydrogen (secondary N) is 1. The van der Waals surface area contributed by atoms with Crippen molar-refractivity contribution < 1.29 is 0 Å². The number of anilines is 2. The van der Waals surface area contributed by atoms with Gasteiger partial charge in [0, 0.05) is 16.8 Å². The second kappa shape index (κ2) is 5.19. The minimum Gasteiger partial charge on any atom is -0.355 e. The van der Waals surface area contributed by atoms with Gasteiger partial charge in [-0.15, -0.1) is 0 Å². The maximum absolute atomic E-state index is 3.54. The van der Waals surface area contributed by atoms with Crippen LogP contribution in [-0.2, 0) is 0 Å². The van der Waals surface area contributed by atoms with Crippen LogP contribution in [-0.4, -0.2) is 0 Å². The van der Waals surface area contributed by atoms with Gasteiger partial charge >= 0.3 is 0 Å². The molecule has 0 aromatic heterocycles. The van der Waals surface area contributed by atoms with Crippen LogP contribution in [0.25, 0.3) is 21.5 Å². The molecule has 4 rings (SSSR count). The van der Waals surface area contributed by atoms with E-state index in [-0.39, 0.29) is 0 Å². The summed E-state index contributed by atoms with van der Waals surface area (Å²) >= 11 is 0. The first-order valence-electron chi connectivity index (χ1n) is 7.55. The number of fused-ring (bicyclic) bond motifs is 3. The molecule has 0 heterocycles. The second-order valence-corrected chi connectivity index (χ2v) is 5.68. The van der Waals surface area contributed by atoms with Crippen molar-refractivity contribution in [2.24, 2.45) is 0 Å². The minimum absolute atomic E-state index is 1.12. The Morgan fingerprint density at radius 1 is 0.591 bits per heavy atom. The standard InChI is InChI=1S/C21H17N/c1-15-9-12-17(13-10-15)22-21-8-4-7-19-18-6-3-2-5-16(18)11-14-20(19)21/h2-14,22H,1H3. The molecule has 22 heavy (non-hydrogen) atoms. The Bertz CT molecular complexity index is 952. The van der Waals surface area contributed by atoms with Crippen LogP contribution in [0.2, 0.25) is 0 Å². The normalized spacial score (nSPS) is 11.0. The predicted octanol–water partition coefficient (Wildman–Crippen LogP) is 6.05. The van der Waals surface area contributed by atoms with Crippen molar-refractivity contribution in [1.82, 2.24) is 0 Å². The largest absolute Gasteiger partial charge is 0.355 e. The first-order valence-corrected chi connectivity index (χ1v) is 7.55. The van der Waals surface area contributed by atoms with Gasteiger partial charge in [-0.05, 0) is 41.3 Å². The molecule has 4 aromatic rings. The number of hydrogen-bond acceptors (Lipinski definition) is 1. The lowest BCUT2D eigenvalue weighted by Gasteiger charge is -2.12. The number of hydrogen-bond donors (Lipinski definition) is 1. The summed E-state index contributed by atoms with van der Waals surface area (Å²) in [5.74, 6) is 0. The molecule has 0 atom stereocenters. The zero-order chi connectivity index (χ0) is 14.9. The molecule has 1 N–H and O–H groups in total. The smallest absolute Gasteiger partial charge is 0.0464 e. The number of rotatable bonds is 2. The van der Waals surface area contributed by atoms with E-state index < -0.39 is 0 Å². The highest BCUT2D eigenvalue weighted by Gasteiger charge is 2.04. The van der Waals surface area contributed by atoms with Crippen molar-refractivity contribution in [2.75, 3.05) is 5.32 Å². The van der Waals surface area contributed by atoms with E-state index in [4.69, 9.17) is 0 Å². The lowest BCUT2D eigenvalue weighted by molar-refractivity contribution is 1.46. The molecule has 0 aliphatic heterocycles. The molecular weight excluding hydrogens is 266 g/mol. The average molecular weight is 283 g/mol. The first-order chi connectivity index (χ1) is 10.8. The van der Waals surface area contributed by atoms with Crippen molar-refractivity contribution in [3.63, 3.8) is 0 Å². The highest BCUT2D eigenvalue weighted by molar-refractivity contribution is 6.11. The molecule has 0 amide bonds. The fourth-order valence-corrected chi connectivity index (χ4v) is 2.94. The summed E-state index contributed by atoms with van der Waals surface area (Å²) in [5.41, 5.74) is 3.54. The summed E-state index contributed by atoms with van der Waals surface area (Å²) in [6, 6.07) is 27.9. The minimum atomic E-state index is 1.12. The number of benzene rings is 4. The van der Waals surface area contributed by atoms with E-state index in [1.807, 2.05) is 0 Å². The Balaban J connectivity index is 1.87. The fourth-order valence-electron chi connectivity index (χ4n) is 2.94. The molecule has 0 aliphatic rings. The zero-order valence-corrected chi connectivity index (χ0v) is 12.5. The van der Waals surface area contributed by atoms with Crippen LogP contribution in [0.1, 0.15) is 5.56 Å². The van der Waals surface area contributed by atoms with E-state index >= 15 is 0 Å². The van der Waals surface area contributed by atoms with Gasteiger partial charge in [0.2, 0.25) is 0 Å². The Labute approximate surface area is 130 Å². The van der Waals surface area contributed by atoms with Gasteiger partial charge < -0.3 is 5.32 Å². The molecule has 0 fully saturated rings. The summed E-state index contributed by atoms with van der Waals surface area (Å²) in [4.78, 5) is 0.